The van der Waals surface area contributed by atoms with Crippen molar-refractivity contribution in [1.82, 2.24) is 35.5 Å². The molecule has 2 aromatic rings. The number of amides is 4. The Labute approximate surface area is 267 Å². The SMILES string of the molecule is CCC(=O)N[C@@H](C(=O)N1CCN(C)CC1)[C@@H](C)c1ccc(CNC(=O)C(NC(=O)c2ccnn2CC)C2CCCCCC2)cc1. The second-order valence-electron chi connectivity index (χ2n) is 12.5. The van der Waals surface area contributed by atoms with E-state index in [1.165, 1.54) is 0 Å². The van der Waals surface area contributed by atoms with Crippen LogP contribution in [0.5, 0.6) is 0 Å². The van der Waals surface area contributed by atoms with E-state index in [2.05, 4.69) is 25.9 Å². The number of piperazine rings is 1. The summed E-state index contributed by atoms with van der Waals surface area (Å²) in [5.74, 6) is -0.831. The molecule has 246 valence electrons. The van der Waals surface area contributed by atoms with Crippen LogP contribution in [0, 0.1) is 5.92 Å². The number of nitrogens with zero attached hydrogens (tertiary/aromatic N) is 4. The van der Waals surface area contributed by atoms with Gasteiger partial charge in [-0.25, -0.2) is 0 Å². The molecule has 0 spiro atoms. The first-order chi connectivity index (χ1) is 21.7. The minimum Gasteiger partial charge on any atom is -0.350 e. The molecule has 4 rings (SSSR count). The summed E-state index contributed by atoms with van der Waals surface area (Å²) in [4.78, 5) is 56.8. The van der Waals surface area contributed by atoms with Crippen molar-refractivity contribution in [3.05, 3.63) is 53.3 Å². The van der Waals surface area contributed by atoms with Crippen molar-refractivity contribution in [1.29, 1.82) is 0 Å². The number of aryl methyl sites for hydroxylation is 1. The van der Waals surface area contributed by atoms with E-state index in [4.69, 9.17) is 0 Å². The summed E-state index contributed by atoms with van der Waals surface area (Å²) in [7, 11) is 2.04. The second kappa shape index (κ2) is 16.5. The topological polar surface area (TPSA) is 129 Å². The van der Waals surface area contributed by atoms with Gasteiger partial charge in [0, 0.05) is 57.8 Å². The maximum absolute atomic E-state index is 13.6. The van der Waals surface area contributed by atoms with Crippen molar-refractivity contribution in [3.8, 4) is 0 Å². The van der Waals surface area contributed by atoms with Gasteiger partial charge in [0.2, 0.25) is 17.7 Å². The van der Waals surface area contributed by atoms with E-state index in [1.807, 2.05) is 50.1 Å². The number of rotatable bonds is 12. The second-order valence-corrected chi connectivity index (χ2v) is 12.5. The highest BCUT2D eigenvalue weighted by Gasteiger charge is 2.33. The molecular weight excluding hydrogens is 570 g/mol. The largest absolute Gasteiger partial charge is 0.350 e. The minimum absolute atomic E-state index is 0.0534. The highest BCUT2D eigenvalue weighted by atomic mass is 16.2. The number of carbonyl (C=O) groups excluding carboxylic acids is 4. The van der Waals surface area contributed by atoms with Crippen LogP contribution in [-0.4, -0.2) is 88.5 Å². The normalized spacial score (nSPS) is 18.4. The molecule has 3 atom stereocenters. The Kier molecular flexibility index (Phi) is 12.6. The van der Waals surface area contributed by atoms with E-state index in [1.54, 1.807) is 23.9 Å². The number of hydrogen-bond donors (Lipinski definition) is 3. The predicted molar refractivity (Wildman–Crippen MR) is 173 cm³/mol. The average molecular weight is 622 g/mol. The molecule has 4 amide bonds. The van der Waals surface area contributed by atoms with Crippen molar-refractivity contribution in [2.24, 2.45) is 5.92 Å². The van der Waals surface area contributed by atoms with Crippen LogP contribution in [0.25, 0.3) is 0 Å². The van der Waals surface area contributed by atoms with Gasteiger partial charge in [-0.2, -0.15) is 5.10 Å². The lowest BCUT2D eigenvalue weighted by Crippen LogP contribution is -2.55. The van der Waals surface area contributed by atoms with Gasteiger partial charge in [0.25, 0.3) is 5.91 Å². The summed E-state index contributed by atoms with van der Waals surface area (Å²) in [5, 5.41) is 13.3. The van der Waals surface area contributed by atoms with Crippen molar-refractivity contribution in [2.45, 2.75) is 96.8 Å². The molecule has 0 radical (unpaired) electrons. The summed E-state index contributed by atoms with van der Waals surface area (Å²) in [6, 6.07) is 8.23. The quantitative estimate of drug-likeness (QED) is 0.313. The molecule has 1 aromatic heterocycles. The third kappa shape index (κ3) is 9.15. The van der Waals surface area contributed by atoms with E-state index < -0.39 is 12.1 Å². The maximum atomic E-state index is 13.6. The highest BCUT2D eigenvalue weighted by Crippen LogP contribution is 2.27. The van der Waals surface area contributed by atoms with Gasteiger partial charge in [0.1, 0.15) is 17.8 Å². The molecule has 1 aromatic carbocycles. The molecule has 1 aliphatic carbocycles. The van der Waals surface area contributed by atoms with Crippen molar-refractivity contribution < 1.29 is 19.2 Å². The lowest BCUT2D eigenvalue weighted by atomic mass is 9.90. The fourth-order valence-corrected chi connectivity index (χ4v) is 6.36. The first-order valence-corrected chi connectivity index (χ1v) is 16.7. The van der Waals surface area contributed by atoms with Crippen LogP contribution in [0.2, 0.25) is 0 Å². The fraction of sp³-hybridized carbons (Fsp3) is 0.618. The van der Waals surface area contributed by atoms with Gasteiger partial charge in [-0.15, -0.1) is 0 Å². The van der Waals surface area contributed by atoms with Crippen molar-refractivity contribution in [3.63, 3.8) is 0 Å². The van der Waals surface area contributed by atoms with Crippen LogP contribution in [0.15, 0.2) is 36.5 Å². The van der Waals surface area contributed by atoms with Crippen LogP contribution >= 0.6 is 0 Å². The summed E-state index contributed by atoms with van der Waals surface area (Å²) in [6.07, 6.45) is 8.11. The molecule has 2 heterocycles. The Balaban J connectivity index is 1.42. The maximum Gasteiger partial charge on any atom is 0.270 e. The number of aromatic nitrogens is 2. The number of nitrogens with one attached hydrogen (secondary N) is 3. The van der Waals surface area contributed by atoms with Crippen LogP contribution < -0.4 is 16.0 Å². The number of carbonyl (C=O) groups is 4. The van der Waals surface area contributed by atoms with E-state index in [0.29, 0.717) is 38.3 Å². The summed E-state index contributed by atoms with van der Waals surface area (Å²) >= 11 is 0. The Hall–Kier alpha value is -3.73. The lowest BCUT2D eigenvalue weighted by molar-refractivity contribution is -0.138. The number of likely N-dealkylation sites (N-methyl/N-ethyl adjacent to an activating group) is 1. The smallest absolute Gasteiger partial charge is 0.270 e. The standard InChI is InChI=1S/C34H51N7O4/c1-5-29(42)37-30(34(45)40-21-19-39(4)20-22-40)24(3)26-15-13-25(14-16-26)23-35-33(44)31(27-11-9-7-8-10-12-27)38-32(43)28-17-18-36-41(28)6-2/h13-18,24,27,30-31H,5-12,19-23H2,1-4H3,(H,35,44)(H,37,42)(H,38,43)/t24-,30+,31?/m0/s1. The van der Waals surface area contributed by atoms with Gasteiger partial charge in [-0.3, -0.25) is 23.9 Å². The molecule has 11 nitrogen and oxygen atoms in total. The van der Waals surface area contributed by atoms with Gasteiger partial charge < -0.3 is 25.8 Å². The summed E-state index contributed by atoms with van der Waals surface area (Å²) in [5.41, 5.74) is 2.30. The molecule has 1 aliphatic heterocycles. The van der Waals surface area contributed by atoms with Crippen molar-refractivity contribution >= 4 is 23.6 Å². The number of benzene rings is 1. The Bertz CT molecular complexity index is 1280. The minimum atomic E-state index is -0.653. The fourth-order valence-electron chi connectivity index (χ4n) is 6.36. The van der Waals surface area contributed by atoms with E-state index in [0.717, 1.165) is 62.7 Å². The lowest BCUT2D eigenvalue weighted by Gasteiger charge is -2.36. The summed E-state index contributed by atoms with van der Waals surface area (Å²) < 4.78 is 1.64. The zero-order chi connectivity index (χ0) is 32.3. The van der Waals surface area contributed by atoms with Crippen LogP contribution in [-0.2, 0) is 27.5 Å². The Morgan fingerprint density at radius 1 is 0.911 bits per heavy atom. The van der Waals surface area contributed by atoms with E-state index in [9.17, 15) is 19.2 Å². The van der Waals surface area contributed by atoms with Crippen LogP contribution in [0.1, 0.15) is 93.3 Å². The molecular formula is C34H51N7O4. The van der Waals surface area contributed by atoms with Crippen LogP contribution in [0.3, 0.4) is 0 Å². The molecule has 2 aliphatic rings. The molecule has 1 unspecified atom stereocenters. The summed E-state index contributed by atoms with van der Waals surface area (Å²) in [6.45, 7) is 9.47. The highest BCUT2D eigenvalue weighted by molar-refractivity contribution is 5.96. The van der Waals surface area contributed by atoms with Crippen LogP contribution in [0.4, 0.5) is 0 Å². The monoisotopic (exact) mass is 621 g/mol. The van der Waals surface area contributed by atoms with E-state index >= 15 is 0 Å². The van der Waals surface area contributed by atoms with Crippen molar-refractivity contribution in [2.75, 3.05) is 33.2 Å². The van der Waals surface area contributed by atoms with Gasteiger partial charge in [-0.1, -0.05) is 63.8 Å². The first-order valence-electron chi connectivity index (χ1n) is 16.7. The molecule has 45 heavy (non-hydrogen) atoms. The molecule has 3 N–H and O–H groups in total. The third-order valence-electron chi connectivity index (χ3n) is 9.38. The first kappa shape index (κ1) is 34.1. The van der Waals surface area contributed by atoms with Gasteiger partial charge in [0.15, 0.2) is 0 Å². The molecule has 11 heteroatoms. The predicted octanol–water partition coefficient (Wildman–Crippen LogP) is 3.06. The zero-order valence-corrected chi connectivity index (χ0v) is 27.4. The molecule has 1 saturated heterocycles. The third-order valence-corrected chi connectivity index (χ3v) is 9.38. The van der Waals surface area contributed by atoms with E-state index in [-0.39, 0.29) is 35.5 Å². The number of hydrogen-bond acceptors (Lipinski definition) is 6. The Morgan fingerprint density at radius 3 is 2.20 bits per heavy atom. The molecule has 2 fully saturated rings. The van der Waals surface area contributed by atoms with Gasteiger partial charge in [0.05, 0.1) is 0 Å². The average Bonchev–Trinajstić information content (AvgIpc) is 3.39. The van der Waals surface area contributed by atoms with Gasteiger partial charge in [-0.05, 0) is 49.9 Å². The Morgan fingerprint density at radius 2 is 1.58 bits per heavy atom. The zero-order valence-electron chi connectivity index (χ0n) is 27.4. The molecule has 1 saturated carbocycles. The molecule has 0 bridgehead atoms. The van der Waals surface area contributed by atoms with Gasteiger partial charge >= 0.3 is 0 Å².